The molecule has 0 bridgehead atoms. The Morgan fingerprint density at radius 2 is 1.72 bits per heavy atom. The lowest BCUT2D eigenvalue weighted by atomic mass is 10.0. The standard InChI is InChI=1S/C22H22F3N5O2/c1-13(22(2,3)32)27-20-26-10-9-18(28-20)30(15-7-5-4-6-8-15)21(31)29-19-16(24)11-14(23)12-17(19)25/h4-13,32H,1-3H3,(H,29,31)(H,26,27,28)/t13-/m0/s1. The van der Waals surface area contributed by atoms with Crippen LogP contribution in [-0.2, 0) is 0 Å². The van der Waals surface area contributed by atoms with Gasteiger partial charge in [-0.15, -0.1) is 0 Å². The SMILES string of the molecule is C[C@H](Nc1nccc(N(C(=O)Nc2c(F)cc(F)cc2F)c2ccccc2)n1)C(C)(C)O. The highest BCUT2D eigenvalue weighted by Crippen LogP contribution is 2.27. The number of nitrogens with one attached hydrogen (secondary N) is 2. The lowest BCUT2D eigenvalue weighted by Crippen LogP contribution is -2.40. The van der Waals surface area contributed by atoms with E-state index in [0.717, 1.165) is 4.90 Å². The van der Waals surface area contributed by atoms with Crippen LogP contribution in [0.2, 0.25) is 0 Å². The molecule has 0 saturated carbocycles. The summed E-state index contributed by atoms with van der Waals surface area (Å²) in [7, 11) is 0. The molecule has 168 valence electrons. The van der Waals surface area contributed by atoms with Crippen molar-refractivity contribution < 1.29 is 23.1 Å². The van der Waals surface area contributed by atoms with E-state index < -0.39 is 40.8 Å². The van der Waals surface area contributed by atoms with Crippen LogP contribution >= 0.6 is 0 Å². The first kappa shape index (κ1) is 23.0. The van der Waals surface area contributed by atoms with Crippen molar-refractivity contribution in [3.8, 4) is 0 Å². The molecular weight excluding hydrogens is 423 g/mol. The molecule has 1 heterocycles. The fourth-order valence-corrected chi connectivity index (χ4v) is 2.67. The summed E-state index contributed by atoms with van der Waals surface area (Å²) in [5.74, 6) is -3.40. The van der Waals surface area contributed by atoms with Gasteiger partial charge >= 0.3 is 6.03 Å². The average Bonchev–Trinajstić information content (AvgIpc) is 2.71. The van der Waals surface area contributed by atoms with Crippen molar-refractivity contribution in [3.63, 3.8) is 0 Å². The first-order valence-electron chi connectivity index (χ1n) is 9.69. The summed E-state index contributed by atoms with van der Waals surface area (Å²) in [5, 5.41) is 15.2. The van der Waals surface area contributed by atoms with E-state index in [9.17, 15) is 23.1 Å². The van der Waals surface area contributed by atoms with E-state index in [2.05, 4.69) is 20.6 Å². The first-order valence-corrected chi connectivity index (χ1v) is 9.69. The number of hydrogen-bond donors (Lipinski definition) is 3. The lowest BCUT2D eigenvalue weighted by molar-refractivity contribution is 0.0646. The van der Waals surface area contributed by atoms with Crippen LogP contribution in [0.15, 0.2) is 54.7 Å². The normalized spacial score (nSPS) is 12.2. The lowest BCUT2D eigenvalue weighted by Gasteiger charge is -2.27. The molecule has 3 rings (SSSR count). The van der Waals surface area contributed by atoms with Crippen molar-refractivity contribution in [2.45, 2.75) is 32.4 Å². The number of amides is 2. The molecule has 2 aromatic carbocycles. The Balaban J connectivity index is 1.98. The van der Waals surface area contributed by atoms with Crippen molar-refractivity contribution in [1.82, 2.24) is 9.97 Å². The number of aliphatic hydroxyl groups is 1. The number of para-hydroxylation sites is 1. The van der Waals surface area contributed by atoms with Crippen molar-refractivity contribution >= 4 is 29.2 Å². The predicted molar refractivity (Wildman–Crippen MR) is 115 cm³/mol. The molecule has 0 fully saturated rings. The summed E-state index contributed by atoms with van der Waals surface area (Å²) in [4.78, 5) is 22.6. The van der Waals surface area contributed by atoms with Gasteiger partial charge < -0.3 is 15.7 Å². The van der Waals surface area contributed by atoms with Crippen molar-refractivity contribution in [1.29, 1.82) is 0 Å². The van der Waals surface area contributed by atoms with E-state index in [0.29, 0.717) is 17.8 Å². The van der Waals surface area contributed by atoms with Crippen LogP contribution < -0.4 is 15.5 Å². The third kappa shape index (κ3) is 5.33. The molecule has 0 aliphatic carbocycles. The molecule has 2 amide bonds. The molecule has 1 atom stereocenters. The molecule has 0 spiro atoms. The van der Waals surface area contributed by atoms with Crippen LogP contribution in [-0.4, -0.2) is 32.7 Å². The van der Waals surface area contributed by atoms with Crippen LogP contribution in [0, 0.1) is 17.5 Å². The van der Waals surface area contributed by atoms with Crippen LogP contribution in [0.1, 0.15) is 20.8 Å². The number of rotatable bonds is 6. The van der Waals surface area contributed by atoms with E-state index in [4.69, 9.17) is 0 Å². The minimum Gasteiger partial charge on any atom is -0.388 e. The number of aromatic nitrogens is 2. The van der Waals surface area contributed by atoms with Gasteiger partial charge in [0.05, 0.1) is 17.3 Å². The summed E-state index contributed by atoms with van der Waals surface area (Å²) < 4.78 is 41.4. The second-order valence-corrected chi connectivity index (χ2v) is 7.60. The van der Waals surface area contributed by atoms with Gasteiger partial charge in [-0.1, -0.05) is 18.2 Å². The molecule has 0 aliphatic heterocycles. The number of nitrogens with zero attached hydrogens (tertiary/aromatic N) is 3. The summed E-state index contributed by atoms with van der Waals surface area (Å²) in [6, 6.07) is 9.29. The van der Waals surface area contributed by atoms with Gasteiger partial charge in [0.2, 0.25) is 5.95 Å². The summed E-state index contributed by atoms with van der Waals surface area (Å²) in [6.07, 6.45) is 1.39. The van der Waals surface area contributed by atoms with E-state index in [1.807, 2.05) is 0 Å². The molecule has 3 N–H and O–H groups in total. The van der Waals surface area contributed by atoms with Gasteiger partial charge in [-0.05, 0) is 32.9 Å². The zero-order valence-electron chi connectivity index (χ0n) is 17.6. The number of urea groups is 1. The van der Waals surface area contributed by atoms with Crippen molar-refractivity contribution in [3.05, 3.63) is 72.2 Å². The molecule has 10 heteroatoms. The van der Waals surface area contributed by atoms with Crippen LogP contribution in [0.4, 0.5) is 41.1 Å². The number of benzene rings is 2. The van der Waals surface area contributed by atoms with Crippen LogP contribution in [0.3, 0.4) is 0 Å². The van der Waals surface area contributed by atoms with E-state index in [1.165, 1.54) is 12.3 Å². The van der Waals surface area contributed by atoms with Gasteiger partial charge in [0, 0.05) is 24.4 Å². The summed E-state index contributed by atoms with van der Waals surface area (Å²) in [5.41, 5.74) is -1.51. The molecule has 32 heavy (non-hydrogen) atoms. The molecule has 3 aromatic rings. The molecule has 0 saturated heterocycles. The number of carbonyl (C=O) groups excluding carboxylic acids is 1. The topological polar surface area (TPSA) is 90.4 Å². The van der Waals surface area contributed by atoms with Gasteiger partial charge in [0.25, 0.3) is 0 Å². The fourth-order valence-electron chi connectivity index (χ4n) is 2.67. The monoisotopic (exact) mass is 445 g/mol. The Labute approximate surface area is 182 Å². The van der Waals surface area contributed by atoms with Gasteiger partial charge in [0.1, 0.15) is 17.3 Å². The van der Waals surface area contributed by atoms with Gasteiger partial charge in [-0.25, -0.2) is 27.8 Å². The zero-order valence-corrected chi connectivity index (χ0v) is 17.6. The number of halogens is 3. The molecule has 1 aromatic heterocycles. The molecule has 0 unspecified atom stereocenters. The van der Waals surface area contributed by atoms with Crippen molar-refractivity contribution in [2.24, 2.45) is 0 Å². The molecular formula is C22H22F3N5O2. The average molecular weight is 445 g/mol. The zero-order chi connectivity index (χ0) is 23.5. The maximum Gasteiger partial charge on any atom is 0.332 e. The number of carbonyl (C=O) groups is 1. The van der Waals surface area contributed by atoms with E-state index in [1.54, 1.807) is 51.1 Å². The number of hydrogen-bond acceptors (Lipinski definition) is 5. The fraction of sp³-hybridized carbons (Fsp3) is 0.227. The molecule has 0 aliphatic rings. The minimum absolute atomic E-state index is 0.0945. The van der Waals surface area contributed by atoms with E-state index in [-0.39, 0.29) is 11.8 Å². The quantitative estimate of drug-likeness (QED) is 0.505. The minimum atomic E-state index is -1.26. The molecule has 7 nitrogen and oxygen atoms in total. The summed E-state index contributed by atoms with van der Waals surface area (Å²) in [6.45, 7) is 4.96. The van der Waals surface area contributed by atoms with Gasteiger partial charge in [-0.2, -0.15) is 4.98 Å². The van der Waals surface area contributed by atoms with Crippen molar-refractivity contribution in [2.75, 3.05) is 15.5 Å². The highest BCUT2D eigenvalue weighted by Gasteiger charge is 2.25. The maximum absolute atomic E-state index is 14.1. The highest BCUT2D eigenvalue weighted by molar-refractivity contribution is 6.06. The predicted octanol–water partition coefficient (Wildman–Crippen LogP) is 4.84. The Bertz CT molecular complexity index is 1080. The van der Waals surface area contributed by atoms with Gasteiger partial charge in [0.15, 0.2) is 11.6 Å². The largest absolute Gasteiger partial charge is 0.388 e. The van der Waals surface area contributed by atoms with Crippen LogP contribution in [0.5, 0.6) is 0 Å². The Hall–Kier alpha value is -3.66. The Kier molecular flexibility index (Phi) is 6.64. The third-order valence-corrected chi connectivity index (χ3v) is 4.73. The van der Waals surface area contributed by atoms with E-state index >= 15 is 0 Å². The second kappa shape index (κ2) is 9.23. The number of anilines is 4. The summed E-state index contributed by atoms with van der Waals surface area (Å²) >= 11 is 0. The maximum atomic E-state index is 14.1. The van der Waals surface area contributed by atoms with Gasteiger partial charge in [-0.3, -0.25) is 0 Å². The molecule has 0 radical (unpaired) electrons. The second-order valence-electron chi connectivity index (χ2n) is 7.60. The Morgan fingerprint density at radius 3 is 2.31 bits per heavy atom. The third-order valence-electron chi connectivity index (χ3n) is 4.73. The highest BCUT2D eigenvalue weighted by atomic mass is 19.1. The smallest absolute Gasteiger partial charge is 0.332 e. The first-order chi connectivity index (χ1) is 15.1. The van der Waals surface area contributed by atoms with Crippen LogP contribution in [0.25, 0.3) is 0 Å². The Morgan fingerprint density at radius 1 is 1.09 bits per heavy atom.